The normalized spacial score (nSPS) is 18.3. The van der Waals surface area contributed by atoms with E-state index in [1.54, 1.807) is 51.1 Å². The molecule has 0 saturated carbocycles. The van der Waals surface area contributed by atoms with Gasteiger partial charge in [-0.05, 0) is 65.9 Å². The molecule has 0 aliphatic carbocycles. The fraction of sp³-hybridized carbons (Fsp3) is 0.323. The van der Waals surface area contributed by atoms with Crippen molar-refractivity contribution in [2.75, 3.05) is 14.2 Å². The first-order chi connectivity index (χ1) is 20.1. The summed E-state index contributed by atoms with van der Waals surface area (Å²) >= 11 is 0. The standard InChI is InChI=1S/C31H30N4O7/c1-16-7-18(12-33(2)29(16)38)17-10-25(41-3)23(26(11-17)42-4)15-34-13-19-8-21-22(9-20(19)14-34)31(40)35(30(21)39)24-5-6-27(36)32-28(24)37/h7-12,24H,5-6,13-15H2,1-4H3,(H,32,36,37). The van der Waals surface area contributed by atoms with Gasteiger partial charge in [0.1, 0.15) is 17.5 Å². The molecule has 3 aliphatic heterocycles. The molecule has 2 aromatic carbocycles. The van der Waals surface area contributed by atoms with Crippen molar-refractivity contribution in [3.05, 3.63) is 80.3 Å². The molecule has 4 amide bonds. The Balaban J connectivity index is 1.25. The van der Waals surface area contributed by atoms with Gasteiger partial charge in [-0.25, -0.2) is 0 Å². The highest BCUT2D eigenvalue weighted by Gasteiger charge is 2.45. The number of aryl methyl sites for hydroxylation is 2. The monoisotopic (exact) mass is 570 g/mol. The number of fused-ring (bicyclic) bond motifs is 2. The largest absolute Gasteiger partial charge is 0.496 e. The van der Waals surface area contributed by atoms with Crippen LogP contribution in [0.3, 0.4) is 0 Å². The highest BCUT2D eigenvalue weighted by molar-refractivity contribution is 6.23. The van der Waals surface area contributed by atoms with Crippen LogP contribution in [0.4, 0.5) is 0 Å². The van der Waals surface area contributed by atoms with Crippen LogP contribution in [-0.2, 0) is 36.3 Å². The summed E-state index contributed by atoms with van der Waals surface area (Å²) in [6.07, 6.45) is 1.98. The molecule has 1 unspecified atom stereocenters. The Hall–Kier alpha value is -4.77. The molecule has 0 spiro atoms. The molecular weight excluding hydrogens is 540 g/mol. The van der Waals surface area contributed by atoms with E-state index in [2.05, 4.69) is 10.2 Å². The Kier molecular flexibility index (Phi) is 6.69. The van der Waals surface area contributed by atoms with E-state index in [0.717, 1.165) is 32.7 Å². The third-order valence-electron chi connectivity index (χ3n) is 8.23. The lowest BCUT2D eigenvalue weighted by Crippen LogP contribution is -2.54. The molecule has 1 aromatic heterocycles. The Morgan fingerprint density at radius 1 is 0.857 bits per heavy atom. The van der Waals surface area contributed by atoms with E-state index < -0.39 is 29.7 Å². The number of amides is 4. The van der Waals surface area contributed by atoms with Crippen LogP contribution in [0.2, 0.25) is 0 Å². The number of hydrogen-bond donors (Lipinski definition) is 1. The molecule has 42 heavy (non-hydrogen) atoms. The van der Waals surface area contributed by atoms with Gasteiger partial charge in [0, 0.05) is 44.9 Å². The van der Waals surface area contributed by atoms with E-state index in [-0.39, 0.29) is 29.5 Å². The summed E-state index contributed by atoms with van der Waals surface area (Å²) in [5, 5.41) is 2.22. The molecule has 0 bridgehead atoms. The molecule has 1 atom stereocenters. The number of methoxy groups -OCH3 is 2. The summed E-state index contributed by atoms with van der Waals surface area (Å²) in [5.41, 5.74) is 5.55. The zero-order valence-corrected chi connectivity index (χ0v) is 23.8. The van der Waals surface area contributed by atoms with Crippen molar-refractivity contribution >= 4 is 23.6 Å². The topological polar surface area (TPSA) is 127 Å². The van der Waals surface area contributed by atoms with Crippen LogP contribution < -0.4 is 20.3 Å². The van der Waals surface area contributed by atoms with Crippen LogP contribution in [0.25, 0.3) is 11.1 Å². The minimum absolute atomic E-state index is 0.0547. The van der Waals surface area contributed by atoms with Gasteiger partial charge in [-0.3, -0.25) is 39.1 Å². The first-order valence-corrected chi connectivity index (χ1v) is 13.6. The van der Waals surface area contributed by atoms with E-state index >= 15 is 0 Å². The number of nitrogens with zero attached hydrogens (tertiary/aromatic N) is 3. The number of piperidine rings is 1. The smallest absolute Gasteiger partial charge is 0.262 e. The van der Waals surface area contributed by atoms with Crippen LogP contribution in [0.15, 0.2) is 41.3 Å². The van der Waals surface area contributed by atoms with E-state index in [0.29, 0.717) is 36.7 Å². The Morgan fingerprint density at radius 2 is 1.45 bits per heavy atom. The zero-order chi connectivity index (χ0) is 29.9. The molecule has 3 aliphatic rings. The van der Waals surface area contributed by atoms with Crippen LogP contribution in [0.1, 0.15) is 55.8 Å². The van der Waals surface area contributed by atoms with Crippen LogP contribution in [-0.4, -0.2) is 58.3 Å². The lowest BCUT2D eigenvalue weighted by Gasteiger charge is -2.27. The third kappa shape index (κ3) is 4.46. The van der Waals surface area contributed by atoms with Gasteiger partial charge in [0.2, 0.25) is 11.8 Å². The maximum Gasteiger partial charge on any atom is 0.262 e. The number of nitrogens with one attached hydrogen (secondary N) is 1. The molecule has 216 valence electrons. The number of ether oxygens (including phenoxy) is 2. The van der Waals surface area contributed by atoms with Crippen molar-refractivity contribution in [3.63, 3.8) is 0 Å². The Morgan fingerprint density at radius 3 is 1.98 bits per heavy atom. The van der Waals surface area contributed by atoms with Gasteiger partial charge >= 0.3 is 0 Å². The summed E-state index contributed by atoms with van der Waals surface area (Å²) in [5.74, 6) is -0.785. The average molecular weight is 571 g/mol. The first-order valence-electron chi connectivity index (χ1n) is 13.6. The highest BCUT2D eigenvalue weighted by atomic mass is 16.5. The van der Waals surface area contributed by atoms with Gasteiger partial charge in [-0.15, -0.1) is 0 Å². The van der Waals surface area contributed by atoms with Crippen LogP contribution in [0, 0.1) is 6.92 Å². The maximum absolute atomic E-state index is 13.3. The molecular formula is C31H30N4O7. The summed E-state index contributed by atoms with van der Waals surface area (Å²) in [4.78, 5) is 65.8. The van der Waals surface area contributed by atoms with Crippen molar-refractivity contribution in [1.82, 2.24) is 19.7 Å². The van der Waals surface area contributed by atoms with Gasteiger partial charge < -0.3 is 14.0 Å². The molecule has 3 aromatic rings. The molecule has 1 saturated heterocycles. The number of carbonyl (C=O) groups is 4. The molecule has 4 heterocycles. The number of hydrogen-bond acceptors (Lipinski definition) is 8. The van der Waals surface area contributed by atoms with Crippen molar-refractivity contribution in [2.24, 2.45) is 7.05 Å². The van der Waals surface area contributed by atoms with E-state index in [1.165, 1.54) is 0 Å². The molecule has 0 radical (unpaired) electrons. The Bertz CT molecular complexity index is 1660. The third-order valence-corrected chi connectivity index (χ3v) is 8.23. The fourth-order valence-corrected chi connectivity index (χ4v) is 6.12. The predicted molar refractivity (Wildman–Crippen MR) is 151 cm³/mol. The van der Waals surface area contributed by atoms with Crippen molar-refractivity contribution < 1.29 is 28.7 Å². The number of pyridine rings is 1. The van der Waals surface area contributed by atoms with Gasteiger partial charge in [-0.1, -0.05) is 0 Å². The minimum atomic E-state index is -0.992. The molecule has 6 rings (SSSR count). The second-order valence-corrected chi connectivity index (χ2v) is 10.9. The van der Waals surface area contributed by atoms with Gasteiger partial charge in [0.15, 0.2) is 0 Å². The number of benzene rings is 2. The lowest BCUT2D eigenvalue weighted by molar-refractivity contribution is -0.136. The molecule has 11 heteroatoms. The number of rotatable bonds is 6. The molecule has 11 nitrogen and oxygen atoms in total. The second kappa shape index (κ2) is 10.3. The maximum atomic E-state index is 13.3. The van der Waals surface area contributed by atoms with Gasteiger partial charge in [-0.2, -0.15) is 0 Å². The quantitative estimate of drug-likeness (QED) is 0.448. The van der Waals surface area contributed by atoms with Crippen molar-refractivity contribution in [3.8, 4) is 22.6 Å². The van der Waals surface area contributed by atoms with Crippen LogP contribution >= 0.6 is 0 Å². The second-order valence-electron chi connectivity index (χ2n) is 10.9. The number of carbonyl (C=O) groups excluding carboxylic acids is 4. The zero-order valence-electron chi connectivity index (χ0n) is 23.8. The Labute approximate surface area is 241 Å². The van der Waals surface area contributed by atoms with E-state index in [1.807, 2.05) is 18.2 Å². The van der Waals surface area contributed by atoms with E-state index in [4.69, 9.17) is 9.47 Å². The fourth-order valence-electron chi connectivity index (χ4n) is 6.12. The van der Waals surface area contributed by atoms with Gasteiger partial charge in [0.25, 0.3) is 17.4 Å². The molecule has 1 fully saturated rings. The highest BCUT2D eigenvalue weighted by Crippen LogP contribution is 2.39. The summed E-state index contributed by atoms with van der Waals surface area (Å²) < 4.78 is 13.1. The number of imide groups is 2. The lowest BCUT2D eigenvalue weighted by atomic mass is 10.0. The summed E-state index contributed by atoms with van der Waals surface area (Å²) in [6.45, 7) is 3.35. The van der Waals surface area contributed by atoms with Crippen molar-refractivity contribution in [2.45, 2.75) is 45.4 Å². The summed E-state index contributed by atoms with van der Waals surface area (Å²) in [6, 6.07) is 8.20. The predicted octanol–water partition coefficient (Wildman–Crippen LogP) is 2.29. The number of aromatic nitrogens is 1. The SMILES string of the molecule is COc1cc(-c2cc(C)c(=O)n(C)c2)cc(OC)c1CN1Cc2cc3c(cc2C1)C(=O)N(C1CCC(=O)NC1=O)C3=O. The van der Waals surface area contributed by atoms with Crippen LogP contribution in [0.5, 0.6) is 11.5 Å². The average Bonchev–Trinajstić information content (AvgIpc) is 3.47. The minimum Gasteiger partial charge on any atom is -0.496 e. The van der Waals surface area contributed by atoms with Crippen molar-refractivity contribution in [1.29, 1.82) is 0 Å². The first kappa shape index (κ1) is 27.4. The molecule has 1 N–H and O–H groups in total. The summed E-state index contributed by atoms with van der Waals surface area (Å²) in [7, 11) is 4.92. The van der Waals surface area contributed by atoms with Gasteiger partial charge in [0.05, 0.1) is 30.9 Å². The van der Waals surface area contributed by atoms with E-state index in [9.17, 15) is 24.0 Å².